The summed E-state index contributed by atoms with van der Waals surface area (Å²) in [7, 11) is 0. The van der Waals surface area contributed by atoms with Crippen LogP contribution in [0.25, 0.3) is 5.82 Å². The maximum absolute atomic E-state index is 12.2. The van der Waals surface area contributed by atoms with E-state index in [0.717, 1.165) is 5.56 Å². The average Bonchev–Trinajstić information content (AvgIpc) is 3.02. The Morgan fingerprint density at radius 2 is 1.86 bits per heavy atom. The third-order valence-corrected chi connectivity index (χ3v) is 2.85. The summed E-state index contributed by atoms with van der Waals surface area (Å²) >= 11 is 0. The van der Waals surface area contributed by atoms with Gasteiger partial charge in [-0.2, -0.15) is 0 Å². The molecule has 3 aromatic heterocycles. The molecule has 3 heterocycles. The molecule has 1 N–H and O–H groups in total. The fourth-order valence-corrected chi connectivity index (χ4v) is 1.81. The van der Waals surface area contributed by atoms with Crippen LogP contribution in [0.1, 0.15) is 15.9 Å². The highest BCUT2D eigenvalue weighted by Crippen LogP contribution is 2.10. The van der Waals surface area contributed by atoms with Crippen LogP contribution in [-0.4, -0.2) is 30.6 Å². The number of hydrogen-bond donors (Lipinski definition) is 1. The number of carbonyl (C=O) groups is 1. The number of carbonyl (C=O) groups excluding carboxylic acids is 1. The first kappa shape index (κ1) is 12.9. The molecule has 0 fully saturated rings. The van der Waals surface area contributed by atoms with Crippen LogP contribution in [-0.2, 0) is 0 Å². The Labute approximate surface area is 120 Å². The average molecular weight is 280 g/mol. The summed E-state index contributed by atoms with van der Waals surface area (Å²) in [4.78, 5) is 20.5. The van der Waals surface area contributed by atoms with Gasteiger partial charge in [0.05, 0.1) is 0 Å². The highest BCUT2D eigenvalue weighted by atomic mass is 16.1. The molecular weight excluding hydrogens is 268 g/mol. The Bertz CT molecular complexity index is 769. The molecule has 21 heavy (non-hydrogen) atoms. The molecule has 1 amide bonds. The van der Waals surface area contributed by atoms with E-state index in [4.69, 9.17) is 0 Å². The molecule has 0 saturated heterocycles. The molecule has 0 spiro atoms. The van der Waals surface area contributed by atoms with Gasteiger partial charge in [-0.25, -0.2) is 9.97 Å². The van der Waals surface area contributed by atoms with E-state index in [2.05, 4.69) is 25.5 Å². The third kappa shape index (κ3) is 2.92. The van der Waals surface area contributed by atoms with Gasteiger partial charge in [-0.15, -0.1) is 10.2 Å². The van der Waals surface area contributed by atoms with Crippen LogP contribution in [0.2, 0.25) is 0 Å². The molecule has 0 saturated carbocycles. The van der Waals surface area contributed by atoms with Gasteiger partial charge < -0.3 is 5.32 Å². The Morgan fingerprint density at radius 3 is 2.62 bits per heavy atom. The molecule has 104 valence electrons. The minimum absolute atomic E-state index is 0.246. The molecule has 3 rings (SSSR count). The molecule has 0 unspecified atom stereocenters. The van der Waals surface area contributed by atoms with E-state index in [-0.39, 0.29) is 5.91 Å². The molecule has 3 aromatic rings. The van der Waals surface area contributed by atoms with Crippen LogP contribution in [0.15, 0.2) is 49.3 Å². The predicted molar refractivity (Wildman–Crippen MR) is 76.1 cm³/mol. The highest BCUT2D eigenvalue weighted by Gasteiger charge is 2.09. The van der Waals surface area contributed by atoms with E-state index in [1.165, 1.54) is 12.7 Å². The zero-order valence-electron chi connectivity index (χ0n) is 11.3. The Kier molecular flexibility index (Phi) is 3.38. The zero-order valence-corrected chi connectivity index (χ0v) is 11.3. The molecule has 0 bridgehead atoms. The first-order chi connectivity index (χ1) is 10.2. The number of anilines is 1. The molecule has 0 atom stereocenters. The first-order valence-corrected chi connectivity index (χ1v) is 6.27. The molecule has 0 aliphatic heterocycles. The summed E-state index contributed by atoms with van der Waals surface area (Å²) in [5.74, 6) is 0.845. The van der Waals surface area contributed by atoms with Crippen molar-refractivity contribution in [2.75, 3.05) is 5.32 Å². The lowest BCUT2D eigenvalue weighted by atomic mass is 10.2. The van der Waals surface area contributed by atoms with Crippen molar-refractivity contribution in [3.8, 4) is 5.82 Å². The maximum atomic E-state index is 12.2. The van der Waals surface area contributed by atoms with E-state index < -0.39 is 0 Å². The summed E-state index contributed by atoms with van der Waals surface area (Å²) in [5.41, 5.74) is 1.51. The van der Waals surface area contributed by atoms with Crippen LogP contribution in [0, 0.1) is 6.92 Å². The van der Waals surface area contributed by atoms with E-state index >= 15 is 0 Å². The number of nitrogens with zero attached hydrogens (tertiary/aromatic N) is 5. The highest BCUT2D eigenvalue weighted by molar-refractivity contribution is 6.03. The van der Waals surface area contributed by atoms with E-state index in [9.17, 15) is 4.79 Å². The zero-order chi connectivity index (χ0) is 14.7. The Balaban J connectivity index is 1.83. The van der Waals surface area contributed by atoms with Crippen molar-refractivity contribution >= 4 is 11.7 Å². The van der Waals surface area contributed by atoms with Crippen LogP contribution < -0.4 is 5.32 Å². The monoisotopic (exact) mass is 280 g/mol. The number of aromatic nitrogens is 5. The summed E-state index contributed by atoms with van der Waals surface area (Å²) in [6.45, 7) is 1.94. The van der Waals surface area contributed by atoms with Crippen molar-refractivity contribution < 1.29 is 4.79 Å². The topological polar surface area (TPSA) is 85.6 Å². The smallest absolute Gasteiger partial charge is 0.257 e. The minimum Gasteiger partial charge on any atom is -0.307 e. The molecule has 0 aliphatic rings. The quantitative estimate of drug-likeness (QED) is 0.788. The van der Waals surface area contributed by atoms with Gasteiger partial charge in [-0.3, -0.25) is 9.36 Å². The fourth-order valence-electron chi connectivity index (χ4n) is 1.81. The van der Waals surface area contributed by atoms with E-state index in [1.54, 1.807) is 35.2 Å². The maximum Gasteiger partial charge on any atom is 0.257 e. The SMILES string of the molecule is Cc1ccnc(NC(=O)c2ccnc(-n3cnnc3)c2)c1. The van der Waals surface area contributed by atoms with Crippen molar-refractivity contribution in [1.29, 1.82) is 0 Å². The van der Waals surface area contributed by atoms with Crippen LogP contribution in [0.3, 0.4) is 0 Å². The summed E-state index contributed by atoms with van der Waals surface area (Å²) in [5, 5.41) is 10.2. The van der Waals surface area contributed by atoms with E-state index in [1.807, 2.05) is 13.0 Å². The first-order valence-electron chi connectivity index (χ1n) is 6.27. The van der Waals surface area contributed by atoms with Crippen molar-refractivity contribution in [3.63, 3.8) is 0 Å². The summed E-state index contributed by atoms with van der Waals surface area (Å²) < 4.78 is 1.63. The lowest BCUT2D eigenvalue weighted by Crippen LogP contribution is -2.13. The molecule has 7 nitrogen and oxygen atoms in total. The Hall–Kier alpha value is -3.09. The second-order valence-electron chi connectivity index (χ2n) is 4.44. The van der Waals surface area contributed by atoms with Crippen molar-refractivity contribution in [2.24, 2.45) is 0 Å². The largest absolute Gasteiger partial charge is 0.307 e. The third-order valence-electron chi connectivity index (χ3n) is 2.85. The van der Waals surface area contributed by atoms with Gasteiger partial charge in [-0.05, 0) is 36.8 Å². The normalized spacial score (nSPS) is 10.3. The molecule has 0 aliphatic carbocycles. The molecule has 0 radical (unpaired) electrons. The summed E-state index contributed by atoms with van der Waals surface area (Å²) in [6.07, 6.45) is 6.26. The predicted octanol–water partition coefficient (Wildman–Crippen LogP) is 1.62. The number of pyridine rings is 2. The van der Waals surface area contributed by atoms with E-state index in [0.29, 0.717) is 17.2 Å². The van der Waals surface area contributed by atoms with Crippen LogP contribution in [0.5, 0.6) is 0 Å². The van der Waals surface area contributed by atoms with Crippen molar-refractivity contribution in [1.82, 2.24) is 24.7 Å². The molecule has 7 heteroatoms. The second kappa shape index (κ2) is 5.49. The van der Waals surface area contributed by atoms with Gasteiger partial charge in [0.2, 0.25) is 0 Å². The van der Waals surface area contributed by atoms with Gasteiger partial charge in [0, 0.05) is 18.0 Å². The number of aryl methyl sites for hydroxylation is 1. The van der Waals surface area contributed by atoms with Gasteiger partial charge >= 0.3 is 0 Å². The van der Waals surface area contributed by atoms with Gasteiger partial charge in [0.15, 0.2) is 0 Å². The lowest BCUT2D eigenvalue weighted by Gasteiger charge is -2.06. The van der Waals surface area contributed by atoms with Crippen LogP contribution in [0.4, 0.5) is 5.82 Å². The van der Waals surface area contributed by atoms with Crippen LogP contribution >= 0.6 is 0 Å². The minimum atomic E-state index is -0.246. The van der Waals surface area contributed by atoms with Crippen molar-refractivity contribution in [3.05, 3.63) is 60.4 Å². The Morgan fingerprint density at radius 1 is 1.10 bits per heavy atom. The van der Waals surface area contributed by atoms with Gasteiger partial charge in [0.1, 0.15) is 24.3 Å². The van der Waals surface area contributed by atoms with Gasteiger partial charge in [-0.1, -0.05) is 0 Å². The van der Waals surface area contributed by atoms with Crippen molar-refractivity contribution in [2.45, 2.75) is 6.92 Å². The number of rotatable bonds is 3. The fraction of sp³-hybridized carbons (Fsp3) is 0.0714. The van der Waals surface area contributed by atoms with Gasteiger partial charge in [0.25, 0.3) is 5.91 Å². The number of hydrogen-bond acceptors (Lipinski definition) is 5. The standard InChI is InChI=1S/C14H12N6O/c1-10-2-4-15-12(6-10)19-14(21)11-3-5-16-13(7-11)20-8-17-18-9-20/h2-9H,1H3,(H,15,19,21). The number of amides is 1. The molecule has 0 aromatic carbocycles. The second-order valence-corrected chi connectivity index (χ2v) is 4.44. The summed E-state index contributed by atoms with van der Waals surface area (Å²) in [6, 6.07) is 6.97. The number of nitrogens with one attached hydrogen (secondary N) is 1. The lowest BCUT2D eigenvalue weighted by molar-refractivity contribution is 0.102. The molecular formula is C14H12N6O.